The molecule has 0 radical (unpaired) electrons. The van der Waals surface area contributed by atoms with Gasteiger partial charge in [0.15, 0.2) is 0 Å². The van der Waals surface area contributed by atoms with Gasteiger partial charge >= 0.3 is 12.0 Å². The molecular weight excluding hydrogens is 334 g/mol. The monoisotopic (exact) mass is 359 g/mol. The van der Waals surface area contributed by atoms with E-state index in [0.717, 1.165) is 5.56 Å². The van der Waals surface area contributed by atoms with E-state index in [1.165, 1.54) is 0 Å². The van der Waals surface area contributed by atoms with Crippen molar-refractivity contribution in [3.63, 3.8) is 0 Å². The lowest BCUT2D eigenvalue weighted by Crippen LogP contribution is -2.43. The first-order valence-electron chi connectivity index (χ1n) is 8.88. The van der Waals surface area contributed by atoms with Crippen molar-refractivity contribution in [2.75, 3.05) is 26.7 Å². The molecule has 0 saturated carbocycles. The number of nitrogens with zero attached hydrogens (tertiary/aromatic N) is 2. The number of rotatable bonds is 4. The number of nitrogens with one attached hydrogen (secondary N) is 1. The van der Waals surface area contributed by atoms with Crippen LogP contribution in [0.4, 0.5) is 4.79 Å². The van der Waals surface area contributed by atoms with Crippen molar-refractivity contribution in [2.24, 2.45) is 11.3 Å². The molecule has 2 fully saturated rings. The van der Waals surface area contributed by atoms with Crippen LogP contribution >= 0.6 is 0 Å². The van der Waals surface area contributed by atoms with Crippen LogP contribution in [0.2, 0.25) is 0 Å². The summed E-state index contributed by atoms with van der Waals surface area (Å²) in [7, 11) is 1.79. The van der Waals surface area contributed by atoms with Crippen LogP contribution in [0.25, 0.3) is 0 Å². The Labute approximate surface area is 153 Å². The van der Waals surface area contributed by atoms with Gasteiger partial charge in [0.05, 0.1) is 11.5 Å². The lowest BCUT2D eigenvalue weighted by Gasteiger charge is -2.26. The Hall–Kier alpha value is -2.57. The molecule has 3 amide bonds. The van der Waals surface area contributed by atoms with Crippen molar-refractivity contribution >= 4 is 17.9 Å². The van der Waals surface area contributed by atoms with Gasteiger partial charge in [-0.25, -0.2) is 4.79 Å². The van der Waals surface area contributed by atoms with Gasteiger partial charge in [-0.3, -0.25) is 9.59 Å². The summed E-state index contributed by atoms with van der Waals surface area (Å²) in [6.45, 7) is 2.69. The minimum absolute atomic E-state index is 0.00712. The first-order valence-corrected chi connectivity index (χ1v) is 8.88. The van der Waals surface area contributed by atoms with E-state index in [9.17, 15) is 19.5 Å². The molecule has 1 aromatic carbocycles. The van der Waals surface area contributed by atoms with E-state index in [-0.39, 0.29) is 30.4 Å². The third kappa shape index (κ3) is 3.38. The number of carbonyl (C=O) groups excluding carboxylic acids is 2. The SMILES string of the molecule is CN1C(=O)C[C@@H](CNC(=O)N2CCC(C)(C(=O)O)C2)[C@@H]1c1ccccc1. The van der Waals surface area contributed by atoms with E-state index in [1.807, 2.05) is 30.3 Å². The summed E-state index contributed by atoms with van der Waals surface area (Å²) in [6, 6.07) is 9.48. The van der Waals surface area contributed by atoms with Crippen molar-refractivity contribution in [1.82, 2.24) is 15.1 Å². The van der Waals surface area contributed by atoms with Crippen molar-refractivity contribution in [2.45, 2.75) is 25.8 Å². The summed E-state index contributed by atoms with van der Waals surface area (Å²) in [6.07, 6.45) is 0.843. The molecule has 7 heteroatoms. The van der Waals surface area contributed by atoms with Crippen LogP contribution in [-0.4, -0.2) is 59.5 Å². The second kappa shape index (κ2) is 6.97. The molecule has 0 aliphatic carbocycles. The topological polar surface area (TPSA) is 90.0 Å². The molecule has 2 aliphatic rings. The number of carboxylic acid groups (broad SMARTS) is 1. The molecule has 2 aliphatic heterocycles. The molecule has 1 aromatic rings. The molecule has 7 nitrogen and oxygen atoms in total. The van der Waals surface area contributed by atoms with Crippen LogP contribution < -0.4 is 5.32 Å². The number of benzene rings is 1. The molecular formula is C19H25N3O4. The largest absolute Gasteiger partial charge is 0.481 e. The number of amides is 3. The quantitative estimate of drug-likeness (QED) is 0.856. The van der Waals surface area contributed by atoms with Gasteiger partial charge < -0.3 is 20.2 Å². The van der Waals surface area contributed by atoms with E-state index < -0.39 is 11.4 Å². The fraction of sp³-hybridized carbons (Fsp3) is 0.526. The van der Waals surface area contributed by atoms with Gasteiger partial charge in [-0.2, -0.15) is 0 Å². The normalized spacial score (nSPS) is 28.5. The summed E-state index contributed by atoms with van der Waals surface area (Å²) in [5.74, 6) is -0.815. The van der Waals surface area contributed by atoms with Crippen molar-refractivity contribution in [1.29, 1.82) is 0 Å². The molecule has 2 N–H and O–H groups in total. The van der Waals surface area contributed by atoms with E-state index >= 15 is 0 Å². The maximum absolute atomic E-state index is 12.4. The molecule has 3 atom stereocenters. The maximum Gasteiger partial charge on any atom is 0.317 e. The van der Waals surface area contributed by atoms with E-state index in [4.69, 9.17) is 0 Å². The number of hydrogen-bond acceptors (Lipinski definition) is 3. The van der Waals surface area contributed by atoms with Crippen LogP contribution in [0, 0.1) is 11.3 Å². The van der Waals surface area contributed by atoms with Gasteiger partial charge in [-0.15, -0.1) is 0 Å². The third-order valence-electron chi connectivity index (χ3n) is 5.63. The van der Waals surface area contributed by atoms with Crippen LogP contribution in [0.3, 0.4) is 0 Å². The summed E-state index contributed by atoms with van der Waals surface area (Å²) >= 11 is 0. The molecule has 140 valence electrons. The van der Waals surface area contributed by atoms with Gasteiger partial charge in [0.25, 0.3) is 0 Å². The number of carboxylic acids is 1. The maximum atomic E-state index is 12.4. The zero-order chi connectivity index (χ0) is 18.9. The third-order valence-corrected chi connectivity index (χ3v) is 5.63. The number of hydrogen-bond donors (Lipinski definition) is 2. The van der Waals surface area contributed by atoms with Crippen molar-refractivity contribution in [3.05, 3.63) is 35.9 Å². The van der Waals surface area contributed by atoms with Crippen molar-refractivity contribution in [3.8, 4) is 0 Å². The average Bonchev–Trinajstić information content (AvgIpc) is 3.15. The Morgan fingerprint density at radius 2 is 2.00 bits per heavy atom. The molecule has 3 rings (SSSR count). The van der Waals surface area contributed by atoms with E-state index in [1.54, 1.807) is 23.8 Å². The lowest BCUT2D eigenvalue weighted by atomic mass is 9.90. The van der Waals surface area contributed by atoms with Crippen LogP contribution in [0.1, 0.15) is 31.4 Å². The van der Waals surface area contributed by atoms with Gasteiger partial charge in [0, 0.05) is 39.0 Å². The zero-order valence-corrected chi connectivity index (χ0v) is 15.1. The predicted molar refractivity (Wildman–Crippen MR) is 95.4 cm³/mol. The lowest BCUT2D eigenvalue weighted by molar-refractivity contribution is -0.147. The highest BCUT2D eigenvalue weighted by Gasteiger charge is 2.43. The zero-order valence-electron chi connectivity index (χ0n) is 15.1. The second-order valence-corrected chi connectivity index (χ2v) is 7.55. The molecule has 1 unspecified atom stereocenters. The molecule has 26 heavy (non-hydrogen) atoms. The first kappa shape index (κ1) is 18.2. The molecule has 2 heterocycles. The van der Waals surface area contributed by atoms with E-state index in [0.29, 0.717) is 25.9 Å². The number of urea groups is 1. The average molecular weight is 359 g/mol. The highest BCUT2D eigenvalue weighted by atomic mass is 16.4. The highest BCUT2D eigenvalue weighted by Crippen LogP contribution is 2.36. The summed E-state index contributed by atoms with van der Waals surface area (Å²) < 4.78 is 0. The summed E-state index contributed by atoms with van der Waals surface area (Å²) in [5.41, 5.74) is 0.174. The predicted octanol–water partition coefficient (Wildman–Crippen LogP) is 1.71. The number of carbonyl (C=O) groups is 3. The van der Waals surface area contributed by atoms with Crippen LogP contribution in [0.5, 0.6) is 0 Å². The number of aliphatic carboxylic acids is 1. The van der Waals surface area contributed by atoms with Crippen molar-refractivity contribution < 1.29 is 19.5 Å². The first-order chi connectivity index (χ1) is 12.3. The molecule has 0 spiro atoms. The minimum atomic E-state index is -0.881. The van der Waals surface area contributed by atoms with Crippen LogP contribution in [0.15, 0.2) is 30.3 Å². The molecule has 0 bridgehead atoms. The Bertz CT molecular complexity index is 708. The number of likely N-dealkylation sites (tertiary alicyclic amines) is 2. The van der Waals surface area contributed by atoms with Crippen LogP contribution in [-0.2, 0) is 9.59 Å². The minimum Gasteiger partial charge on any atom is -0.481 e. The Balaban J connectivity index is 1.62. The summed E-state index contributed by atoms with van der Waals surface area (Å²) in [4.78, 5) is 39.2. The Morgan fingerprint density at radius 3 is 2.62 bits per heavy atom. The van der Waals surface area contributed by atoms with Gasteiger partial charge in [-0.05, 0) is 18.9 Å². The van der Waals surface area contributed by atoms with Gasteiger partial charge in [0.2, 0.25) is 5.91 Å². The fourth-order valence-corrected chi connectivity index (χ4v) is 3.92. The second-order valence-electron chi connectivity index (χ2n) is 7.55. The standard InChI is InChI=1S/C19H25N3O4/c1-19(17(24)25)8-9-22(12-19)18(26)20-11-14-10-15(23)21(2)16(14)13-6-4-3-5-7-13/h3-7,14,16H,8-12H2,1-2H3,(H,20,26)(H,24,25)/t14-,16-,19?/m0/s1. The highest BCUT2D eigenvalue weighted by molar-refractivity contribution is 5.81. The van der Waals surface area contributed by atoms with Gasteiger partial charge in [-0.1, -0.05) is 30.3 Å². The Kier molecular flexibility index (Phi) is 4.89. The Morgan fingerprint density at radius 1 is 1.31 bits per heavy atom. The molecule has 0 aromatic heterocycles. The van der Waals surface area contributed by atoms with Gasteiger partial charge in [0.1, 0.15) is 0 Å². The smallest absolute Gasteiger partial charge is 0.317 e. The van der Waals surface area contributed by atoms with E-state index in [2.05, 4.69) is 5.32 Å². The molecule has 2 saturated heterocycles. The fourth-order valence-electron chi connectivity index (χ4n) is 3.92. The summed E-state index contributed by atoms with van der Waals surface area (Å²) in [5, 5.41) is 12.2.